The van der Waals surface area contributed by atoms with Gasteiger partial charge in [-0.25, -0.2) is 9.37 Å². The van der Waals surface area contributed by atoms with E-state index in [0.717, 1.165) is 11.6 Å². The van der Waals surface area contributed by atoms with E-state index < -0.39 is 20.9 Å². The van der Waals surface area contributed by atoms with Gasteiger partial charge in [0.1, 0.15) is 0 Å². The highest BCUT2D eigenvalue weighted by Gasteiger charge is 2.21. The zero-order chi connectivity index (χ0) is 14.9. The zero-order valence-electron chi connectivity index (χ0n) is 11.0. The van der Waals surface area contributed by atoms with Crippen molar-refractivity contribution in [2.45, 2.75) is 18.9 Å². The monoisotopic (exact) mass is 295 g/mol. The topological polar surface area (TPSA) is 85.1 Å². The number of rotatable bonds is 3. The summed E-state index contributed by atoms with van der Waals surface area (Å²) in [5.74, 6) is -0.898. The minimum Gasteiger partial charge on any atom is -0.399 e. The van der Waals surface area contributed by atoms with Gasteiger partial charge in [0.15, 0.2) is 5.82 Å². The first-order valence-corrected chi connectivity index (χ1v) is 7.29. The van der Waals surface area contributed by atoms with Crippen molar-refractivity contribution in [1.82, 2.24) is 4.98 Å². The number of aromatic nitrogens is 1. The van der Waals surface area contributed by atoms with E-state index in [0.29, 0.717) is 16.9 Å². The maximum Gasteiger partial charge on any atom is 0.282 e. The van der Waals surface area contributed by atoms with Gasteiger partial charge in [-0.2, -0.15) is 8.42 Å². The van der Waals surface area contributed by atoms with Crippen molar-refractivity contribution in [2.24, 2.45) is 0 Å². The predicted molar refractivity (Wildman–Crippen MR) is 75.3 cm³/mol. The van der Waals surface area contributed by atoms with Crippen molar-refractivity contribution in [2.75, 3.05) is 10.5 Å². The number of nitrogen functional groups attached to an aromatic ring is 1. The molecule has 0 saturated carbocycles. The van der Waals surface area contributed by atoms with Gasteiger partial charge < -0.3 is 5.73 Å². The summed E-state index contributed by atoms with van der Waals surface area (Å²) in [5.41, 5.74) is 8.03. The first-order chi connectivity index (χ1) is 9.31. The Bertz CT molecular complexity index is 760. The lowest BCUT2D eigenvalue weighted by molar-refractivity contribution is 0.557. The minimum absolute atomic E-state index is 0.349. The molecular weight excluding hydrogens is 281 g/mol. The van der Waals surface area contributed by atoms with E-state index in [-0.39, 0.29) is 0 Å². The van der Waals surface area contributed by atoms with Gasteiger partial charge in [0.2, 0.25) is 5.03 Å². The normalized spacial score (nSPS) is 11.3. The first kappa shape index (κ1) is 14.3. The maximum atomic E-state index is 13.5. The van der Waals surface area contributed by atoms with Crippen LogP contribution in [0.1, 0.15) is 11.1 Å². The molecule has 0 aliphatic carbocycles. The minimum atomic E-state index is -4.07. The Morgan fingerprint density at radius 3 is 2.60 bits per heavy atom. The molecule has 0 aliphatic heterocycles. The Kier molecular flexibility index (Phi) is 3.63. The molecule has 3 N–H and O–H groups in total. The standard InChI is InChI=1S/C13H14FN3O2S/c1-8-7-12(9(2)6-11(8)15)17-20(18,19)13-10(14)4-3-5-16-13/h3-7,17H,15H2,1-2H3. The summed E-state index contributed by atoms with van der Waals surface area (Å²) in [6, 6.07) is 5.63. The van der Waals surface area contributed by atoms with Crippen molar-refractivity contribution in [3.63, 3.8) is 0 Å². The number of nitrogens with one attached hydrogen (secondary N) is 1. The van der Waals surface area contributed by atoms with Gasteiger partial charge in [0, 0.05) is 11.9 Å². The molecule has 0 aliphatic rings. The third-order valence-corrected chi connectivity index (χ3v) is 4.13. The summed E-state index contributed by atoms with van der Waals surface area (Å²) in [6.07, 6.45) is 1.22. The summed E-state index contributed by atoms with van der Waals surface area (Å²) < 4.78 is 40.1. The van der Waals surface area contributed by atoms with Crippen LogP contribution in [0.2, 0.25) is 0 Å². The number of halogens is 1. The van der Waals surface area contributed by atoms with E-state index in [1.54, 1.807) is 26.0 Å². The lowest BCUT2D eigenvalue weighted by atomic mass is 10.1. The number of nitrogens with zero attached hydrogens (tertiary/aromatic N) is 1. The zero-order valence-corrected chi connectivity index (χ0v) is 11.8. The summed E-state index contributed by atoms with van der Waals surface area (Å²) in [6.45, 7) is 3.47. The van der Waals surface area contributed by atoms with Gasteiger partial charge in [-0.3, -0.25) is 4.72 Å². The number of nitrogens with two attached hydrogens (primary N) is 1. The second kappa shape index (κ2) is 5.09. The lowest BCUT2D eigenvalue weighted by Gasteiger charge is -2.12. The highest BCUT2D eigenvalue weighted by molar-refractivity contribution is 7.92. The number of benzene rings is 1. The molecule has 1 aromatic carbocycles. The highest BCUT2D eigenvalue weighted by Crippen LogP contribution is 2.24. The van der Waals surface area contributed by atoms with E-state index >= 15 is 0 Å². The van der Waals surface area contributed by atoms with Crippen LogP contribution in [0.5, 0.6) is 0 Å². The van der Waals surface area contributed by atoms with Crippen molar-refractivity contribution < 1.29 is 12.8 Å². The molecule has 0 saturated heterocycles. The molecule has 0 unspecified atom stereocenters. The van der Waals surface area contributed by atoms with E-state index in [2.05, 4.69) is 9.71 Å². The average Bonchev–Trinajstić information content (AvgIpc) is 2.36. The number of hydrogen-bond donors (Lipinski definition) is 2. The van der Waals surface area contributed by atoms with E-state index in [4.69, 9.17) is 5.73 Å². The average molecular weight is 295 g/mol. The van der Waals surface area contributed by atoms with Crippen LogP contribution in [0.4, 0.5) is 15.8 Å². The van der Waals surface area contributed by atoms with Gasteiger partial charge in [-0.05, 0) is 49.2 Å². The van der Waals surface area contributed by atoms with Crippen LogP contribution in [0.3, 0.4) is 0 Å². The van der Waals surface area contributed by atoms with Crippen LogP contribution in [0.25, 0.3) is 0 Å². The second-order valence-electron chi connectivity index (χ2n) is 4.42. The Morgan fingerprint density at radius 2 is 1.95 bits per heavy atom. The summed E-state index contributed by atoms with van der Waals surface area (Å²) in [7, 11) is -4.07. The van der Waals surface area contributed by atoms with E-state index in [9.17, 15) is 12.8 Å². The van der Waals surface area contributed by atoms with Crippen molar-refractivity contribution >= 4 is 21.4 Å². The van der Waals surface area contributed by atoms with Crippen LogP contribution in [0, 0.1) is 19.7 Å². The molecule has 2 aromatic rings. The molecule has 20 heavy (non-hydrogen) atoms. The van der Waals surface area contributed by atoms with Gasteiger partial charge >= 0.3 is 0 Å². The smallest absolute Gasteiger partial charge is 0.282 e. The Morgan fingerprint density at radius 1 is 1.25 bits per heavy atom. The van der Waals surface area contributed by atoms with Crippen LogP contribution >= 0.6 is 0 Å². The Labute approximate surface area is 116 Å². The molecular formula is C13H14FN3O2S. The predicted octanol–water partition coefficient (Wildman–Crippen LogP) is 2.22. The lowest BCUT2D eigenvalue weighted by Crippen LogP contribution is -2.17. The molecule has 0 atom stereocenters. The SMILES string of the molecule is Cc1cc(NS(=O)(=O)c2ncccc2F)c(C)cc1N. The van der Waals surface area contributed by atoms with Crippen molar-refractivity contribution in [3.8, 4) is 0 Å². The Balaban J connectivity index is 2.44. The van der Waals surface area contributed by atoms with Crippen molar-refractivity contribution in [3.05, 3.63) is 47.4 Å². The highest BCUT2D eigenvalue weighted by atomic mass is 32.2. The summed E-state index contributed by atoms with van der Waals surface area (Å²) in [4.78, 5) is 3.57. The van der Waals surface area contributed by atoms with Crippen LogP contribution in [0.15, 0.2) is 35.5 Å². The quantitative estimate of drug-likeness (QED) is 0.850. The number of aryl methyl sites for hydroxylation is 2. The van der Waals surface area contributed by atoms with Crippen LogP contribution in [-0.2, 0) is 10.0 Å². The molecule has 0 fully saturated rings. The van der Waals surface area contributed by atoms with Gasteiger partial charge in [0.05, 0.1) is 5.69 Å². The summed E-state index contributed by atoms with van der Waals surface area (Å²) >= 11 is 0. The number of hydrogen-bond acceptors (Lipinski definition) is 4. The number of sulfonamides is 1. The molecule has 0 spiro atoms. The molecule has 0 radical (unpaired) electrons. The van der Waals surface area contributed by atoms with Gasteiger partial charge in [-0.1, -0.05) is 0 Å². The largest absolute Gasteiger partial charge is 0.399 e. The summed E-state index contributed by atoms with van der Waals surface area (Å²) in [5, 5.41) is -0.631. The molecule has 2 rings (SSSR count). The molecule has 1 aromatic heterocycles. The third kappa shape index (κ3) is 2.72. The molecule has 0 amide bonds. The van der Waals surface area contributed by atoms with Crippen LogP contribution < -0.4 is 10.5 Å². The number of pyridine rings is 1. The molecule has 106 valence electrons. The van der Waals surface area contributed by atoms with Gasteiger partial charge in [-0.15, -0.1) is 0 Å². The molecule has 0 bridgehead atoms. The van der Waals surface area contributed by atoms with E-state index in [1.165, 1.54) is 12.3 Å². The van der Waals surface area contributed by atoms with Crippen LogP contribution in [-0.4, -0.2) is 13.4 Å². The maximum absolute atomic E-state index is 13.5. The molecule has 5 nitrogen and oxygen atoms in total. The first-order valence-electron chi connectivity index (χ1n) is 5.81. The third-order valence-electron chi connectivity index (χ3n) is 2.84. The fourth-order valence-electron chi connectivity index (χ4n) is 1.71. The number of anilines is 2. The fourth-order valence-corrected chi connectivity index (χ4v) is 2.84. The van der Waals surface area contributed by atoms with E-state index in [1.807, 2.05) is 0 Å². The van der Waals surface area contributed by atoms with Crippen molar-refractivity contribution in [1.29, 1.82) is 0 Å². The second-order valence-corrected chi connectivity index (χ2v) is 6.02. The fraction of sp³-hybridized carbons (Fsp3) is 0.154. The molecule has 1 heterocycles. The van der Waals surface area contributed by atoms with Gasteiger partial charge in [0.25, 0.3) is 10.0 Å². The molecule has 7 heteroatoms. The Hall–Kier alpha value is -2.15.